The Bertz CT molecular complexity index is 452. The highest BCUT2D eigenvalue weighted by Crippen LogP contribution is 2.29. The van der Waals surface area contributed by atoms with Crippen molar-refractivity contribution < 1.29 is 4.74 Å². The van der Waals surface area contributed by atoms with Crippen molar-refractivity contribution in [3.63, 3.8) is 0 Å². The molecule has 2 atom stereocenters. The van der Waals surface area contributed by atoms with E-state index in [4.69, 9.17) is 10.00 Å². The summed E-state index contributed by atoms with van der Waals surface area (Å²) in [6.07, 6.45) is 5.20. The Labute approximate surface area is 117 Å². The largest absolute Gasteiger partial charge is 0.493 e. The molecule has 0 saturated heterocycles. The summed E-state index contributed by atoms with van der Waals surface area (Å²) in [5, 5.41) is 8.91. The molecule has 0 bridgehead atoms. The number of benzene rings is 1. The standard InChI is InChI=1S/C15H18BrNO/c1-11-3-2-4-12(5-11)10-18-15-7-13(9-17)6-14(16)8-15/h6-8,11-12H,2-5,10H2,1H3. The molecule has 0 aliphatic heterocycles. The van der Waals surface area contributed by atoms with Crippen LogP contribution in [0.25, 0.3) is 0 Å². The summed E-state index contributed by atoms with van der Waals surface area (Å²) in [4.78, 5) is 0. The molecule has 0 aromatic heterocycles. The van der Waals surface area contributed by atoms with Crippen molar-refractivity contribution in [2.75, 3.05) is 6.61 Å². The van der Waals surface area contributed by atoms with Crippen LogP contribution in [0, 0.1) is 23.2 Å². The summed E-state index contributed by atoms with van der Waals surface area (Å²) in [5.74, 6) is 2.28. The second kappa shape index (κ2) is 6.24. The van der Waals surface area contributed by atoms with Gasteiger partial charge in [0, 0.05) is 4.47 Å². The predicted octanol–water partition coefficient (Wildman–Crippen LogP) is 4.53. The maximum absolute atomic E-state index is 8.91. The van der Waals surface area contributed by atoms with Gasteiger partial charge in [-0.05, 0) is 42.9 Å². The Morgan fingerprint density at radius 2 is 2.22 bits per heavy atom. The predicted molar refractivity (Wildman–Crippen MR) is 75.5 cm³/mol. The van der Waals surface area contributed by atoms with Crippen LogP contribution in [-0.2, 0) is 0 Å². The van der Waals surface area contributed by atoms with Gasteiger partial charge in [-0.15, -0.1) is 0 Å². The zero-order valence-electron chi connectivity index (χ0n) is 10.7. The first-order valence-electron chi connectivity index (χ1n) is 6.51. The van der Waals surface area contributed by atoms with E-state index in [-0.39, 0.29) is 0 Å². The van der Waals surface area contributed by atoms with Crippen LogP contribution in [0.4, 0.5) is 0 Å². The molecule has 0 spiro atoms. The fourth-order valence-electron chi connectivity index (χ4n) is 2.64. The summed E-state index contributed by atoms with van der Waals surface area (Å²) in [5.41, 5.74) is 0.636. The van der Waals surface area contributed by atoms with E-state index in [9.17, 15) is 0 Å². The van der Waals surface area contributed by atoms with E-state index in [1.165, 1.54) is 25.7 Å². The molecule has 1 aromatic rings. The molecule has 0 heterocycles. The monoisotopic (exact) mass is 307 g/mol. The molecule has 0 radical (unpaired) electrons. The Morgan fingerprint density at radius 1 is 1.39 bits per heavy atom. The van der Waals surface area contributed by atoms with Gasteiger partial charge in [-0.1, -0.05) is 35.7 Å². The average molecular weight is 308 g/mol. The lowest BCUT2D eigenvalue weighted by Gasteiger charge is -2.26. The van der Waals surface area contributed by atoms with E-state index in [2.05, 4.69) is 28.9 Å². The van der Waals surface area contributed by atoms with Gasteiger partial charge in [0.15, 0.2) is 0 Å². The van der Waals surface area contributed by atoms with Crippen molar-refractivity contribution in [2.24, 2.45) is 11.8 Å². The maximum Gasteiger partial charge on any atom is 0.121 e. The van der Waals surface area contributed by atoms with Crippen molar-refractivity contribution in [3.05, 3.63) is 28.2 Å². The van der Waals surface area contributed by atoms with Gasteiger partial charge >= 0.3 is 0 Å². The third-order valence-corrected chi connectivity index (χ3v) is 3.99. The fraction of sp³-hybridized carbons (Fsp3) is 0.533. The molecular formula is C15H18BrNO. The molecule has 0 amide bonds. The van der Waals surface area contributed by atoms with E-state index >= 15 is 0 Å². The van der Waals surface area contributed by atoms with Crippen LogP contribution >= 0.6 is 15.9 Å². The van der Waals surface area contributed by atoms with Gasteiger partial charge in [-0.25, -0.2) is 0 Å². The van der Waals surface area contributed by atoms with Crippen LogP contribution in [0.2, 0.25) is 0 Å². The second-order valence-corrected chi connectivity index (χ2v) is 6.15. The average Bonchev–Trinajstić information content (AvgIpc) is 2.36. The Morgan fingerprint density at radius 3 is 2.94 bits per heavy atom. The van der Waals surface area contributed by atoms with Crippen molar-refractivity contribution in [3.8, 4) is 11.8 Å². The van der Waals surface area contributed by atoms with Crippen LogP contribution < -0.4 is 4.74 Å². The quantitative estimate of drug-likeness (QED) is 0.822. The second-order valence-electron chi connectivity index (χ2n) is 5.24. The SMILES string of the molecule is CC1CCCC(COc2cc(Br)cc(C#N)c2)C1. The van der Waals surface area contributed by atoms with Crippen LogP contribution in [0.3, 0.4) is 0 Å². The van der Waals surface area contributed by atoms with Gasteiger partial charge < -0.3 is 4.74 Å². The minimum absolute atomic E-state index is 0.636. The summed E-state index contributed by atoms with van der Waals surface area (Å²) >= 11 is 3.40. The zero-order valence-corrected chi connectivity index (χ0v) is 12.2. The fourth-order valence-corrected chi connectivity index (χ4v) is 3.11. The van der Waals surface area contributed by atoms with Gasteiger partial charge in [-0.2, -0.15) is 5.26 Å². The van der Waals surface area contributed by atoms with E-state index in [1.54, 1.807) is 12.1 Å². The molecule has 96 valence electrons. The highest BCUT2D eigenvalue weighted by Gasteiger charge is 2.19. The summed E-state index contributed by atoms with van der Waals surface area (Å²) in [6.45, 7) is 3.09. The molecule has 1 aliphatic carbocycles. The lowest BCUT2D eigenvalue weighted by atomic mass is 9.83. The number of halogens is 1. The molecule has 2 unspecified atom stereocenters. The molecule has 1 fully saturated rings. The third kappa shape index (κ3) is 3.74. The van der Waals surface area contributed by atoms with Crippen LogP contribution in [0.1, 0.15) is 38.2 Å². The lowest BCUT2D eigenvalue weighted by molar-refractivity contribution is 0.182. The molecule has 1 saturated carbocycles. The van der Waals surface area contributed by atoms with Gasteiger partial charge in [-0.3, -0.25) is 0 Å². The molecule has 3 heteroatoms. The van der Waals surface area contributed by atoms with Crippen molar-refractivity contribution in [2.45, 2.75) is 32.6 Å². The van der Waals surface area contributed by atoms with Crippen LogP contribution in [-0.4, -0.2) is 6.61 Å². The Kier molecular flexibility index (Phi) is 4.66. The van der Waals surface area contributed by atoms with Gasteiger partial charge in [0.2, 0.25) is 0 Å². The first kappa shape index (κ1) is 13.4. The number of nitrogens with zero attached hydrogens (tertiary/aromatic N) is 1. The first-order chi connectivity index (χ1) is 8.67. The first-order valence-corrected chi connectivity index (χ1v) is 7.30. The van der Waals surface area contributed by atoms with Crippen molar-refractivity contribution in [1.82, 2.24) is 0 Å². The van der Waals surface area contributed by atoms with Crippen LogP contribution in [0.5, 0.6) is 5.75 Å². The van der Waals surface area contributed by atoms with E-state index in [0.717, 1.165) is 22.7 Å². The smallest absolute Gasteiger partial charge is 0.121 e. The highest BCUT2D eigenvalue weighted by molar-refractivity contribution is 9.10. The van der Waals surface area contributed by atoms with Gasteiger partial charge in [0.05, 0.1) is 18.2 Å². The summed E-state index contributed by atoms with van der Waals surface area (Å²) in [6, 6.07) is 7.67. The highest BCUT2D eigenvalue weighted by atomic mass is 79.9. The van der Waals surface area contributed by atoms with Crippen molar-refractivity contribution in [1.29, 1.82) is 5.26 Å². The minimum Gasteiger partial charge on any atom is -0.493 e. The van der Waals surface area contributed by atoms with E-state index in [0.29, 0.717) is 11.5 Å². The minimum atomic E-state index is 0.636. The molecule has 2 rings (SSSR count). The van der Waals surface area contributed by atoms with Gasteiger partial charge in [0.25, 0.3) is 0 Å². The molecule has 1 aromatic carbocycles. The lowest BCUT2D eigenvalue weighted by Crippen LogP contribution is -2.19. The number of nitriles is 1. The number of hydrogen-bond acceptors (Lipinski definition) is 2. The molecule has 18 heavy (non-hydrogen) atoms. The molecule has 2 nitrogen and oxygen atoms in total. The topological polar surface area (TPSA) is 33.0 Å². The molecule has 1 aliphatic rings. The van der Waals surface area contributed by atoms with E-state index < -0.39 is 0 Å². The normalized spacial score (nSPS) is 23.4. The van der Waals surface area contributed by atoms with Gasteiger partial charge in [0.1, 0.15) is 5.75 Å². The summed E-state index contributed by atoms with van der Waals surface area (Å²) < 4.78 is 6.73. The molecule has 0 N–H and O–H groups in total. The van der Waals surface area contributed by atoms with Crippen molar-refractivity contribution >= 4 is 15.9 Å². The molecular weight excluding hydrogens is 290 g/mol. The Hall–Kier alpha value is -1.01. The number of ether oxygens (including phenoxy) is 1. The third-order valence-electron chi connectivity index (χ3n) is 3.53. The van der Waals surface area contributed by atoms with Crippen LogP contribution in [0.15, 0.2) is 22.7 Å². The zero-order chi connectivity index (χ0) is 13.0. The summed E-state index contributed by atoms with van der Waals surface area (Å²) in [7, 11) is 0. The number of rotatable bonds is 3. The Balaban J connectivity index is 1.93. The van der Waals surface area contributed by atoms with E-state index in [1.807, 2.05) is 6.07 Å². The number of hydrogen-bond donors (Lipinski definition) is 0. The maximum atomic E-state index is 8.91.